The molecule has 3 aromatic rings. The van der Waals surface area contributed by atoms with Crippen LogP contribution in [0.3, 0.4) is 0 Å². The molecule has 3 nitrogen and oxygen atoms in total. The van der Waals surface area contributed by atoms with Gasteiger partial charge in [0, 0.05) is 6.54 Å². The Morgan fingerprint density at radius 2 is 1.88 bits per heavy atom. The van der Waals surface area contributed by atoms with Crippen molar-refractivity contribution in [1.82, 2.24) is 14.9 Å². The number of pyridine rings is 1. The zero-order valence-corrected chi connectivity index (χ0v) is 15.4. The molecule has 1 saturated heterocycles. The first-order valence-electron chi connectivity index (χ1n) is 8.10. The normalized spacial score (nSPS) is 19.0. The predicted molar refractivity (Wildman–Crippen MR) is 101 cm³/mol. The average molecular weight is 378 g/mol. The van der Waals surface area contributed by atoms with Gasteiger partial charge in [-0.25, -0.2) is 9.97 Å². The van der Waals surface area contributed by atoms with Gasteiger partial charge in [0.2, 0.25) is 0 Å². The SMILES string of the molecule is Clc1cc(CN2CCCC[C@@H]2c2nc3ccccc3s2)cc(Cl)n1. The molecule has 0 N–H and O–H groups in total. The van der Waals surface area contributed by atoms with Crippen molar-refractivity contribution in [2.45, 2.75) is 31.8 Å². The maximum atomic E-state index is 6.05. The lowest BCUT2D eigenvalue weighted by molar-refractivity contribution is 0.140. The van der Waals surface area contributed by atoms with E-state index < -0.39 is 0 Å². The third-order valence-corrected chi connectivity index (χ3v) is 5.94. The van der Waals surface area contributed by atoms with Crippen LogP contribution in [0, 0.1) is 0 Å². The van der Waals surface area contributed by atoms with Crippen LogP contribution in [0.4, 0.5) is 0 Å². The molecule has 0 unspecified atom stereocenters. The fourth-order valence-corrected chi connectivity index (χ4v) is 4.98. The van der Waals surface area contributed by atoms with Crippen molar-refractivity contribution in [2.24, 2.45) is 0 Å². The molecule has 0 spiro atoms. The fraction of sp³-hybridized carbons (Fsp3) is 0.333. The lowest BCUT2D eigenvalue weighted by Crippen LogP contribution is -2.32. The zero-order chi connectivity index (χ0) is 16.5. The van der Waals surface area contributed by atoms with Crippen molar-refractivity contribution in [3.05, 3.63) is 57.3 Å². The van der Waals surface area contributed by atoms with Gasteiger partial charge in [-0.05, 0) is 49.2 Å². The molecule has 0 bridgehead atoms. The number of para-hydroxylation sites is 1. The lowest BCUT2D eigenvalue weighted by Gasteiger charge is -2.34. The first-order valence-corrected chi connectivity index (χ1v) is 9.68. The van der Waals surface area contributed by atoms with Crippen LogP contribution in [0.25, 0.3) is 10.2 Å². The number of benzene rings is 1. The van der Waals surface area contributed by atoms with E-state index in [-0.39, 0.29) is 0 Å². The van der Waals surface area contributed by atoms with Crippen molar-refractivity contribution < 1.29 is 0 Å². The lowest BCUT2D eigenvalue weighted by atomic mass is 10.0. The quantitative estimate of drug-likeness (QED) is 0.546. The fourth-order valence-electron chi connectivity index (χ4n) is 3.33. The number of nitrogens with zero attached hydrogens (tertiary/aromatic N) is 3. The Kier molecular flexibility index (Phi) is 4.72. The average Bonchev–Trinajstić information content (AvgIpc) is 2.98. The Labute approximate surface area is 155 Å². The summed E-state index contributed by atoms with van der Waals surface area (Å²) >= 11 is 13.9. The number of likely N-dealkylation sites (tertiary alicyclic amines) is 1. The summed E-state index contributed by atoms with van der Waals surface area (Å²) in [7, 11) is 0. The first kappa shape index (κ1) is 16.3. The van der Waals surface area contributed by atoms with Gasteiger partial charge in [-0.3, -0.25) is 4.90 Å². The van der Waals surface area contributed by atoms with E-state index in [0.717, 1.165) is 30.6 Å². The molecule has 3 heterocycles. The van der Waals surface area contributed by atoms with Gasteiger partial charge in [0.05, 0.1) is 16.3 Å². The number of piperidine rings is 1. The molecule has 6 heteroatoms. The summed E-state index contributed by atoms with van der Waals surface area (Å²) in [6.07, 6.45) is 3.61. The van der Waals surface area contributed by atoms with Crippen molar-refractivity contribution in [1.29, 1.82) is 0 Å². The van der Waals surface area contributed by atoms with Crippen LogP contribution in [-0.2, 0) is 6.54 Å². The van der Waals surface area contributed by atoms with Crippen LogP contribution in [-0.4, -0.2) is 21.4 Å². The van der Waals surface area contributed by atoms with Crippen molar-refractivity contribution in [3.63, 3.8) is 0 Å². The van der Waals surface area contributed by atoms with Crippen LogP contribution >= 0.6 is 34.5 Å². The largest absolute Gasteiger partial charge is 0.290 e. The van der Waals surface area contributed by atoms with Gasteiger partial charge in [-0.15, -0.1) is 11.3 Å². The zero-order valence-electron chi connectivity index (χ0n) is 13.1. The molecule has 24 heavy (non-hydrogen) atoms. The van der Waals surface area contributed by atoms with Gasteiger partial charge in [-0.1, -0.05) is 41.8 Å². The third kappa shape index (κ3) is 3.42. The van der Waals surface area contributed by atoms with Crippen LogP contribution in [0.5, 0.6) is 0 Å². The monoisotopic (exact) mass is 377 g/mol. The molecular formula is C18H17Cl2N3S. The Morgan fingerprint density at radius 3 is 2.67 bits per heavy atom. The second-order valence-electron chi connectivity index (χ2n) is 6.12. The summed E-state index contributed by atoms with van der Waals surface area (Å²) in [6, 6.07) is 12.5. The highest BCUT2D eigenvalue weighted by Gasteiger charge is 2.27. The highest BCUT2D eigenvalue weighted by Crippen LogP contribution is 2.36. The topological polar surface area (TPSA) is 29.0 Å². The number of fused-ring (bicyclic) bond motifs is 1. The van der Waals surface area contributed by atoms with E-state index >= 15 is 0 Å². The molecule has 0 aliphatic carbocycles. The van der Waals surface area contributed by atoms with Gasteiger partial charge in [0.25, 0.3) is 0 Å². The van der Waals surface area contributed by atoms with Gasteiger partial charge in [0.15, 0.2) is 0 Å². The third-order valence-electron chi connectivity index (χ3n) is 4.42. The number of thiazole rings is 1. The Hall–Kier alpha value is -1.20. The summed E-state index contributed by atoms with van der Waals surface area (Å²) < 4.78 is 1.26. The number of rotatable bonds is 3. The summed E-state index contributed by atoms with van der Waals surface area (Å²) in [6.45, 7) is 1.89. The van der Waals surface area contributed by atoms with Crippen molar-refractivity contribution >= 4 is 44.8 Å². The summed E-state index contributed by atoms with van der Waals surface area (Å²) in [4.78, 5) is 11.4. The molecule has 4 rings (SSSR count). The molecule has 0 radical (unpaired) electrons. The smallest absolute Gasteiger partial charge is 0.131 e. The Bertz CT molecular complexity index is 811. The van der Waals surface area contributed by atoms with E-state index in [4.69, 9.17) is 28.2 Å². The summed E-state index contributed by atoms with van der Waals surface area (Å²) in [5.41, 5.74) is 2.20. The maximum Gasteiger partial charge on any atom is 0.131 e. The molecule has 2 aromatic heterocycles. The number of hydrogen-bond acceptors (Lipinski definition) is 4. The minimum Gasteiger partial charge on any atom is -0.290 e. The molecule has 1 aromatic carbocycles. The van der Waals surface area contributed by atoms with Gasteiger partial charge in [-0.2, -0.15) is 0 Å². The van der Waals surface area contributed by atoms with Crippen LogP contribution < -0.4 is 0 Å². The molecule has 1 fully saturated rings. The molecule has 0 saturated carbocycles. The minimum atomic E-state index is 0.363. The first-order chi connectivity index (χ1) is 11.7. The number of halogens is 2. The van der Waals surface area contributed by atoms with Crippen LogP contribution in [0.1, 0.15) is 35.9 Å². The van der Waals surface area contributed by atoms with Crippen LogP contribution in [0.2, 0.25) is 10.3 Å². The standard InChI is InChI=1S/C18H17Cl2N3S/c19-16-9-12(10-17(20)22-16)11-23-8-4-3-6-14(23)18-21-13-5-1-2-7-15(13)24-18/h1-2,5,7,9-10,14H,3-4,6,8,11H2/t14-/m1/s1. The van der Waals surface area contributed by atoms with E-state index in [1.54, 1.807) is 0 Å². The van der Waals surface area contributed by atoms with E-state index in [1.165, 1.54) is 22.5 Å². The summed E-state index contributed by atoms with van der Waals surface area (Å²) in [5.74, 6) is 0. The Morgan fingerprint density at radius 1 is 1.08 bits per heavy atom. The van der Waals surface area contributed by atoms with Crippen LogP contribution in [0.15, 0.2) is 36.4 Å². The molecule has 1 aliphatic heterocycles. The number of aromatic nitrogens is 2. The maximum absolute atomic E-state index is 6.05. The van der Waals surface area contributed by atoms with Crippen molar-refractivity contribution in [2.75, 3.05) is 6.54 Å². The van der Waals surface area contributed by atoms with Gasteiger partial charge < -0.3 is 0 Å². The second kappa shape index (κ2) is 6.96. The predicted octanol–water partition coefficient (Wildman–Crippen LogP) is 5.73. The number of hydrogen-bond donors (Lipinski definition) is 0. The minimum absolute atomic E-state index is 0.363. The van der Waals surface area contributed by atoms with E-state index in [9.17, 15) is 0 Å². The summed E-state index contributed by atoms with van der Waals surface area (Å²) in [5, 5.41) is 2.11. The molecule has 124 valence electrons. The van der Waals surface area contributed by atoms with Gasteiger partial charge >= 0.3 is 0 Å². The van der Waals surface area contributed by atoms with E-state index in [1.807, 2.05) is 29.5 Å². The highest BCUT2D eigenvalue weighted by atomic mass is 35.5. The molecular weight excluding hydrogens is 361 g/mol. The Balaban J connectivity index is 1.62. The molecule has 1 atom stereocenters. The molecule has 0 amide bonds. The second-order valence-corrected chi connectivity index (χ2v) is 7.96. The highest BCUT2D eigenvalue weighted by molar-refractivity contribution is 7.18. The van der Waals surface area contributed by atoms with E-state index in [0.29, 0.717) is 16.3 Å². The van der Waals surface area contributed by atoms with Gasteiger partial charge in [0.1, 0.15) is 15.3 Å². The van der Waals surface area contributed by atoms with Crippen molar-refractivity contribution in [3.8, 4) is 0 Å². The molecule has 1 aliphatic rings. The van der Waals surface area contributed by atoms with E-state index in [2.05, 4.69) is 28.1 Å².